The highest BCUT2D eigenvalue weighted by molar-refractivity contribution is 5.94. The molecule has 2 atom stereocenters. The van der Waals surface area contributed by atoms with E-state index in [0.717, 1.165) is 25.3 Å². The summed E-state index contributed by atoms with van der Waals surface area (Å²) >= 11 is 0. The molecule has 1 amide bonds. The van der Waals surface area contributed by atoms with E-state index < -0.39 is 0 Å². The van der Waals surface area contributed by atoms with Crippen molar-refractivity contribution in [1.29, 1.82) is 0 Å². The first-order chi connectivity index (χ1) is 9.47. The maximum atomic E-state index is 12.3. The molecule has 2 rings (SSSR count). The van der Waals surface area contributed by atoms with E-state index in [0.29, 0.717) is 11.7 Å². The monoisotopic (exact) mass is 276 g/mol. The number of nitrogens with one attached hydrogen (secondary N) is 1. The third kappa shape index (κ3) is 3.49. The van der Waals surface area contributed by atoms with Crippen molar-refractivity contribution < 1.29 is 4.79 Å². The summed E-state index contributed by atoms with van der Waals surface area (Å²) in [7, 11) is 2.13. The lowest BCUT2D eigenvalue weighted by Gasteiger charge is -2.40. The number of nitrogens with zero attached hydrogens (tertiary/aromatic N) is 2. The second kappa shape index (κ2) is 6.24. The largest absolute Gasteiger partial charge is 0.399 e. The Labute approximate surface area is 120 Å². The zero-order valence-corrected chi connectivity index (χ0v) is 12.5. The van der Waals surface area contributed by atoms with E-state index in [9.17, 15) is 4.79 Å². The zero-order chi connectivity index (χ0) is 14.7. The van der Waals surface area contributed by atoms with Crippen LogP contribution in [0, 0.1) is 0 Å². The van der Waals surface area contributed by atoms with Crippen molar-refractivity contribution in [3.05, 3.63) is 24.3 Å². The molecule has 1 heterocycles. The maximum Gasteiger partial charge on any atom is 0.241 e. The first-order valence-corrected chi connectivity index (χ1v) is 7.08. The number of hydrogen-bond acceptors (Lipinski definition) is 4. The Morgan fingerprint density at radius 3 is 2.60 bits per heavy atom. The van der Waals surface area contributed by atoms with Crippen molar-refractivity contribution >= 4 is 17.3 Å². The van der Waals surface area contributed by atoms with Crippen LogP contribution < -0.4 is 11.1 Å². The Balaban J connectivity index is 1.93. The molecular formula is C15H24N4O. The van der Waals surface area contributed by atoms with Crippen LogP contribution in [0.5, 0.6) is 0 Å². The van der Waals surface area contributed by atoms with Crippen LogP contribution in [-0.2, 0) is 4.79 Å². The fourth-order valence-electron chi connectivity index (χ4n) is 2.41. The Hall–Kier alpha value is -1.59. The molecule has 110 valence electrons. The molecule has 1 aliphatic heterocycles. The van der Waals surface area contributed by atoms with Gasteiger partial charge < -0.3 is 16.0 Å². The standard InChI is InChI=1S/C15H24N4O/c1-11-10-19(9-8-18(11)3)12(2)15(20)17-14-6-4-13(16)5-7-14/h4-7,11-12H,8-10,16H2,1-3H3,(H,17,20). The Morgan fingerprint density at radius 2 is 2.00 bits per heavy atom. The van der Waals surface area contributed by atoms with Gasteiger partial charge in [-0.05, 0) is 45.2 Å². The molecule has 1 fully saturated rings. The molecule has 1 aromatic carbocycles. The molecule has 5 heteroatoms. The smallest absolute Gasteiger partial charge is 0.241 e. The maximum absolute atomic E-state index is 12.3. The molecule has 0 aliphatic carbocycles. The van der Waals surface area contributed by atoms with Crippen LogP contribution in [0.3, 0.4) is 0 Å². The number of benzene rings is 1. The SMILES string of the molecule is CC1CN(C(C)C(=O)Nc2ccc(N)cc2)CCN1C. The van der Waals surface area contributed by atoms with Gasteiger partial charge in [0.1, 0.15) is 0 Å². The van der Waals surface area contributed by atoms with E-state index in [1.807, 2.05) is 19.1 Å². The second-order valence-electron chi connectivity index (χ2n) is 5.61. The topological polar surface area (TPSA) is 61.6 Å². The summed E-state index contributed by atoms with van der Waals surface area (Å²) in [4.78, 5) is 16.8. The Morgan fingerprint density at radius 1 is 1.35 bits per heavy atom. The van der Waals surface area contributed by atoms with Gasteiger partial charge >= 0.3 is 0 Å². The number of anilines is 2. The fourth-order valence-corrected chi connectivity index (χ4v) is 2.41. The van der Waals surface area contributed by atoms with Crippen LogP contribution in [0.15, 0.2) is 24.3 Å². The minimum atomic E-state index is -0.122. The third-order valence-corrected chi connectivity index (χ3v) is 4.10. The van der Waals surface area contributed by atoms with Crippen LogP contribution in [0.25, 0.3) is 0 Å². The third-order valence-electron chi connectivity index (χ3n) is 4.10. The number of nitrogen functional groups attached to an aromatic ring is 1. The van der Waals surface area contributed by atoms with Gasteiger partial charge in [-0.15, -0.1) is 0 Å². The van der Waals surface area contributed by atoms with E-state index >= 15 is 0 Å². The van der Waals surface area contributed by atoms with E-state index in [4.69, 9.17) is 5.73 Å². The van der Waals surface area contributed by atoms with Crippen LogP contribution >= 0.6 is 0 Å². The first-order valence-electron chi connectivity index (χ1n) is 7.08. The van der Waals surface area contributed by atoms with Gasteiger partial charge in [0.2, 0.25) is 5.91 Å². The predicted octanol–water partition coefficient (Wildman–Crippen LogP) is 1.23. The number of likely N-dealkylation sites (N-methyl/N-ethyl adjacent to an activating group) is 1. The van der Waals surface area contributed by atoms with Crippen LogP contribution in [0.4, 0.5) is 11.4 Å². The molecule has 3 N–H and O–H groups in total. The van der Waals surface area contributed by atoms with Gasteiger partial charge in [-0.1, -0.05) is 0 Å². The fraction of sp³-hybridized carbons (Fsp3) is 0.533. The van der Waals surface area contributed by atoms with Gasteiger partial charge in [0.15, 0.2) is 0 Å². The van der Waals surface area contributed by atoms with Crippen LogP contribution in [0.2, 0.25) is 0 Å². The Kier molecular flexibility index (Phi) is 4.62. The molecule has 1 aliphatic rings. The highest BCUT2D eigenvalue weighted by Crippen LogP contribution is 2.14. The lowest BCUT2D eigenvalue weighted by atomic mass is 10.1. The van der Waals surface area contributed by atoms with Gasteiger partial charge in [0.05, 0.1) is 6.04 Å². The highest BCUT2D eigenvalue weighted by atomic mass is 16.2. The number of amides is 1. The lowest BCUT2D eigenvalue weighted by molar-refractivity contribution is -0.121. The summed E-state index contributed by atoms with van der Waals surface area (Å²) in [5, 5.41) is 2.94. The predicted molar refractivity (Wildman–Crippen MR) is 82.6 cm³/mol. The minimum absolute atomic E-state index is 0.0338. The molecule has 20 heavy (non-hydrogen) atoms. The molecule has 0 saturated carbocycles. The van der Waals surface area contributed by atoms with Crippen molar-refractivity contribution in [1.82, 2.24) is 9.80 Å². The molecule has 2 unspecified atom stereocenters. The number of carbonyl (C=O) groups is 1. The van der Waals surface area contributed by atoms with E-state index in [2.05, 4.69) is 29.1 Å². The van der Waals surface area contributed by atoms with Crippen molar-refractivity contribution in [3.8, 4) is 0 Å². The number of piperazine rings is 1. The average molecular weight is 276 g/mol. The summed E-state index contributed by atoms with van der Waals surface area (Å²) in [5.41, 5.74) is 7.12. The number of carbonyl (C=O) groups excluding carboxylic acids is 1. The van der Waals surface area contributed by atoms with Gasteiger partial charge in [-0.3, -0.25) is 9.69 Å². The number of hydrogen-bond donors (Lipinski definition) is 2. The zero-order valence-electron chi connectivity index (χ0n) is 12.5. The first kappa shape index (κ1) is 14.8. The normalized spacial score (nSPS) is 22.4. The van der Waals surface area contributed by atoms with Gasteiger partial charge in [-0.2, -0.15) is 0 Å². The van der Waals surface area contributed by atoms with Crippen LogP contribution in [0.1, 0.15) is 13.8 Å². The summed E-state index contributed by atoms with van der Waals surface area (Å²) in [6.45, 7) is 7.01. The molecule has 0 spiro atoms. The average Bonchev–Trinajstić information content (AvgIpc) is 2.43. The number of nitrogens with two attached hydrogens (primary N) is 1. The van der Waals surface area contributed by atoms with Gasteiger partial charge in [-0.25, -0.2) is 0 Å². The summed E-state index contributed by atoms with van der Waals surface area (Å²) in [5.74, 6) is 0.0338. The molecule has 0 aromatic heterocycles. The molecule has 0 radical (unpaired) electrons. The van der Waals surface area contributed by atoms with Gasteiger partial charge in [0.25, 0.3) is 0 Å². The molecule has 0 bridgehead atoms. The lowest BCUT2D eigenvalue weighted by Crippen LogP contribution is -2.55. The van der Waals surface area contributed by atoms with E-state index in [-0.39, 0.29) is 11.9 Å². The molecule has 1 saturated heterocycles. The van der Waals surface area contributed by atoms with Crippen LogP contribution in [-0.4, -0.2) is 54.5 Å². The van der Waals surface area contributed by atoms with E-state index in [1.54, 1.807) is 12.1 Å². The quantitative estimate of drug-likeness (QED) is 0.815. The van der Waals surface area contributed by atoms with Crippen molar-refractivity contribution in [3.63, 3.8) is 0 Å². The van der Waals surface area contributed by atoms with Crippen molar-refractivity contribution in [2.45, 2.75) is 25.9 Å². The molecule has 5 nitrogen and oxygen atoms in total. The molecule has 1 aromatic rings. The summed E-state index contributed by atoms with van der Waals surface area (Å²) in [6.07, 6.45) is 0. The molecular weight excluding hydrogens is 252 g/mol. The minimum Gasteiger partial charge on any atom is -0.399 e. The summed E-state index contributed by atoms with van der Waals surface area (Å²) in [6, 6.07) is 7.59. The van der Waals surface area contributed by atoms with Crippen molar-refractivity contribution in [2.24, 2.45) is 0 Å². The second-order valence-corrected chi connectivity index (χ2v) is 5.61. The summed E-state index contributed by atoms with van der Waals surface area (Å²) < 4.78 is 0. The van der Waals surface area contributed by atoms with Gasteiger partial charge in [0, 0.05) is 37.1 Å². The number of rotatable bonds is 3. The van der Waals surface area contributed by atoms with E-state index in [1.165, 1.54) is 0 Å². The Bertz CT molecular complexity index is 459. The highest BCUT2D eigenvalue weighted by Gasteiger charge is 2.27. The van der Waals surface area contributed by atoms with Crippen molar-refractivity contribution in [2.75, 3.05) is 37.7 Å².